The quantitative estimate of drug-likeness (QED) is 0.936. The average molecular weight is 328 g/mol. The van der Waals surface area contributed by atoms with Crippen LogP contribution in [0.2, 0.25) is 0 Å². The highest BCUT2D eigenvalue weighted by atomic mass is 16.3. The Morgan fingerprint density at radius 3 is 2.83 bits per heavy atom. The number of pyridine rings is 1. The van der Waals surface area contributed by atoms with Crippen molar-refractivity contribution < 1.29 is 9.90 Å². The molecule has 4 rings (SSSR count). The van der Waals surface area contributed by atoms with Gasteiger partial charge in [0.2, 0.25) is 0 Å². The first-order valence-corrected chi connectivity index (χ1v) is 8.90. The first kappa shape index (κ1) is 15.6. The normalized spacial score (nSPS) is 21.2. The molecule has 1 saturated heterocycles. The molecule has 2 aliphatic rings. The number of rotatable bonds is 4. The molecular formula is C18H24N4O2. The SMILES string of the molecule is CC(C)n1ncc2c(C(=O)N3CCC[C@@H]3CO)cc(C3CC3)nc21. The van der Waals surface area contributed by atoms with Crippen LogP contribution in [0.3, 0.4) is 0 Å². The summed E-state index contributed by atoms with van der Waals surface area (Å²) in [5, 5.41) is 14.8. The molecule has 1 atom stereocenters. The number of amides is 1. The third-order valence-corrected chi connectivity index (χ3v) is 5.15. The predicted octanol–water partition coefficient (Wildman–Crippen LogP) is 2.49. The summed E-state index contributed by atoms with van der Waals surface area (Å²) in [6.07, 6.45) is 5.87. The fraction of sp³-hybridized carbons (Fsp3) is 0.611. The van der Waals surface area contributed by atoms with Gasteiger partial charge in [0.1, 0.15) is 0 Å². The highest BCUT2D eigenvalue weighted by Gasteiger charge is 2.33. The Kier molecular flexibility index (Phi) is 3.79. The molecule has 0 radical (unpaired) electrons. The van der Waals surface area contributed by atoms with Gasteiger partial charge < -0.3 is 10.0 Å². The van der Waals surface area contributed by atoms with Gasteiger partial charge in [0, 0.05) is 24.2 Å². The van der Waals surface area contributed by atoms with Gasteiger partial charge in [-0.2, -0.15) is 5.10 Å². The minimum absolute atomic E-state index is 0.00385. The third-order valence-electron chi connectivity index (χ3n) is 5.15. The van der Waals surface area contributed by atoms with E-state index in [-0.39, 0.29) is 24.6 Å². The van der Waals surface area contributed by atoms with Crippen LogP contribution in [-0.2, 0) is 0 Å². The van der Waals surface area contributed by atoms with Crippen molar-refractivity contribution in [3.05, 3.63) is 23.5 Å². The second kappa shape index (κ2) is 5.84. The number of carbonyl (C=O) groups is 1. The monoisotopic (exact) mass is 328 g/mol. The number of likely N-dealkylation sites (tertiary alicyclic amines) is 1. The van der Waals surface area contributed by atoms with Gasteiger partial charge in [0.25, 0.3) is 5.91 Å². The number of aliphatic hydroxyl groups excluding tert-OH is 1. The Balaban J connectivity index is 1.83. The highest BCUT2D eigenvalue weighted by Crippen LogP contribution is 2.40. The summed E-state index contributed by atoms with van der Waals surface area (Å²) in [6.45, 7) is 4.88. The molecule has 0 bridgehead atoms. The smallest absolute Gasteiger partial charge is 0.255 e. The van der Waals surface area contributed by atoms with Crippen molar-refractivity contribution in [1.82, 2.24) is 19.7 Å². The lowest BCUT2D eigenvalue weighted by Crippen LogP contribution is -2.37. The van der Waals surface area contributed by atoms with Crippen LogP contribution in [-0.4, -0.2) is 49.9 Å². The molecule has 0 spiro atoms. The fourth-order valence-electron chi connectivity index (χ4n) is 3.63. The number of aromatic nitrogens is 3. The van der Waals surface area contributed by atoms with E-state index in [9.17, 15) is 9.90 Å². The number of fused-ring (bicyclic) bond motifs is 1. The summed E-state index contributed by atoms with van der Waals surface area (Å²) < 4.78 is 1.89. The van der Waals surface area contributed by atoms with Crippen molar-refractivity contribution >= 4 is 16.9 Å². The van der Waals surface area contributed by atoms with Crippen LogP contribution in [0.15, 0.2) is 12.3 Å². The molecule has 2 aromatic rings. The fourth-order valence-corrected chi connectivity index (χ4v) is 3.63. The van der Waals surface area contributed by atoms with E-state index in [1.54, 1.807) is 6.20 Å². The predicted molar refractivity (Wildman–Crippen MR) is 91.0 cm³/mol. The van der Waals surface area contributed by atoms with Crippen molar-refractivity contribution in [3.63, 3.8) is 0 Å². The van der Waals surface area contributed by atoms with Gasteiger partial charge in [-0.15, -0.1) is 0 Å². The van der Waals surface area contributed by atoms with Gasteiger partial charge in [-0.25, -0.2) is 9.67 Å². The van der Waals surface area contributed by atoms with Gasteiger partial charge in [0.05, 0.1) is 29.8 Å². The molecule has 0 unspecified atom stereocenters. The minimum Gasteiger partial charge on any atom is -0.394 e. The van der Waals surface area contributed by atoms with Crippen LogP contribution in [0.5, 0.6) is 0 Å². The molecule has 2 aromatic heterocycles. The van der Waals surface area contributed by atoms with Crippen LogP contribution >= 0.6 is 0 Å². The second-order valence-corrected chi connectivity index (χ2v) is 7.27. The van der Waals surface area contributed by atoms with Crippen LogP contribution in [0.4, 0.5) is 0 Å². The van der Waals surface area contributed by atoms with E-state index >= 15 is 0 Å². The lowest BCUT2D eigenvalue weighted by molar-refractivity contribution is 0.0679. The van der Waals surface area contributed by atoms with E-state index in [0.717, 1.165) is 42.4 Å². The molecule has 1 aliphatic heterocycles. The van der Waals surface area contributed by atoms with Crippen LogP contribution < -0.4 is 0 Å². The zero-order valence-electron chi connectivity index (χ0n) is 14.3. The molecule has 6 nitrogen and oxygen atoms in total. The minimum atomic E-state index is -0.0646. The summed E-state index contributed by atoms with van der Waals surface area (Å²) in [7, 11) is 0. The summed E-state index contributed by atoms with van der Waals surface area (Å²) in [5.41, 5.74) is 2.50. The van der Waals surface area contributed by atoms with Crippen molar-refractivity contribution in [2.24, 2.45) is 0 Å². The first-order valence-electron chi connectivity index (χ1n) is 8.90. The summed E-state index contributed by atoms with van der Waals surface area (Å²) in [4.78, 5) is 19.8. The molecular weight excluding hydrogens is 304 g/mol. The number of aliphatic hydroxyl groups is 1. The van der Waals surface area contributed by atoms with Gasteiger partial charge in [-0.3, -0.25) is 4.79 Å². The van der Waals surface area contributed by atoms with E-state index in [4.69, 9.17) is 4.98 Å². The Morgan fingerprint density at radius 1 is 1.38 bits per heavy atom. The zero-order chi connectivity index (χ0) is 16.8. The Labute approximate surface area is 141 Å². The van der Waals surface area contributed by atoms with Crippen LogP contribution in [0, 0.1) is 0 Å². The van der Waals surface area contributed by atoms with E-state index in [0.29, 0.717) is 18.0 Å². The number of carbonyl (C=O) groups excluding carboxylic acids is 1. The standard InChI is InChI=1S/C18H24N4O2/c1-11(2)22-17-15(9-19-22)14(8-16(20-17)12-5-6-12)18(24)21-7-3-4-13(21)10-23/h8-9,11-13,23H,3-7,10H2,1-2H3/t13-/m1/s1. The Bertz CT molecular complexity index is 779. The molecule has 1 aliphatic carbocycles. The van der Waals surface area contributed by atoms with E-state index in [1.165, 1.54) is 0 Å². The molecule has 0 aromatic carbocycles. The Hall–Kier alpha value is -1.95. The van der Waals surface area contributed by atoms with E-state index < -0.39 is 0 Å². The number of nitrogens with zero attached hydrogens (tertiary/aromatic N) is 4. The highest BCUT2D eigenvalue weighted by molar-refractivity contribution is 6.05. The van der Waals surface area contributed by atoms with Crippen molar-refractivity contribution in [1.29, 1.82) is 0 Å². The summed E-state index contributed by atoms with van der Waals surface area (Å²) >= 11 is 0. The van der Waals surface area contributed by atoms with Gasteiger partial charge >= 0.3 is 0 Å². The largest absolute Gasteiger partial charge is 0.394 e. The second-order valence-electron chi connectivity index (χ2n) is 7.27. The third kappa shape index (κ3) is 2.49. The maximum Gasteiger partial charge on any atom is 0.255 e. The number of hydrogen-bond donors (Lipinski definition) is 1. The maximum absolute atomic E-state index is 13.2. The summed E-state index contributed by atoms with van der Waals surface area (Å²) in [5.74, 6) is 0.479. The van der Waals surface area contributed by atoms with Crippen LogP contribution in [0.1, 0.15) is 67.5 Å². The lowest BCUT2D eigenvalue weighted by Gasteiger charge is -2.23. The molecule has 1 saturated carbocycles. The average Bonchev–Trinajstić information content (AvgIpc) is 3.16. The molecule has 1 N–H and O–H groups in total. The van der Waals surface area contributed by atoms with E-state index in [1.807, 2.05) is 15.6 Å². The molecule has 2 fully saturated rings. The molecule has 24 heavy (non-hydrogen) atoms. The number of hydrogen-bond acceptors (Lipinski definition) is 4. The van der Waals surface area contributed by atoms with Crippen molar-refractivity contribution in [2.75, 3.05) is 13.2 Å². The van der Waals surface area contributed by atoms with Gasteiger partial charge in [0.15, 0.2) is 5.65 Å². The first-order chi connectivity index (χ1) is 11.6. The van der Waals surface area contributed by atoms with Crippen LogP contribution in [0.25, 0.3) is 11.0 Å². The molecule has 3 heterocycles. The van der Waals surface area contributed by atoms with Gasteiger partial charge in [-0.05, 0) is 45.6 Å². The Morgan fingerprint density at radius 2 is 2.17 bits per heavy atom. The van der Waals surface area contributed by atoms with Gasteiger partial charge in [-0.1, -0.05) is 0 Å². The van der Waals surface area contributed by atoms with Crippen molar-refractivity contribution in [3.8, 4) is 0 Å². The molecule has 6 heteroatoms. The molecule has 1 amide bonds. The molecule has 128 valence electrons. The topological polar surface area (TPSA) is 71.2 Å². The summed E-state index contributed by atoms with van der Waals surface area (Å²) in [6, 6.07) is 2.09. The zero-order valence-corrected chi connectivity index (χ0v) is 14.3. The van der Waals surface area contributed by atoms with E-state index in [2.05, 4.69) is 18.9 Å². The maximum atomic E-state index is 13.2. The lowest BCUT2D eigenvalue weighted by atomic mass is 10.1. The van der Waals surface area contributed by atoms with Crippen molar-refractivity contribution in [2.45, 2.75) is 57.5 Å².